The van der Waals surface area contributed by atoms with Crippen molar-refractivity contribution in [3.8, 4) is 5.75 Å². The number of methoxy groups -OCH3 is 1. The third-order valence-electron chi connectivity index (χ3n) is 2.92. The highest BCUT2D eigenvalue weighted by Gasteiger charge is 2.15. The SMILES string of the molecule is COCCCC(O)c1ccc2c(c1)CCO2. The van der Waals surface area contributed by atoms with E-state index in [0.717, 1.165) is 37.2 Å². The highest BCUT2D eigenvalue weighted by atomic mass is 16.5. The maximum absolute atomic E-state index is 9.98. The van der Waals surface area contributed by atoms with Gasteiger partial charge in [-0.2, -0.15) is 0 Å². The summed E-state index contributed by atoms with van der Waals surface area (Å²) < 4.78 is 10.4. The van der Waals surface area contributed by atoms with Crippen molar-refractivity contribution in [2.24, 2.45) is 0 Å². The van der Waals surface area contributed by atoms with Gasteiger partial charge in [0.15, 0.2) is 0 Å². The molecule has 3 heteroatoms. The van der Waals surface area contributed by atoms with Crippen LogP contribution in [0.25, 0.3) is 0 Å². The monoisotopic (exact) mass is 222 g/mol. The van der Waals surface area contributed by atoms with Crippen molar-refractivity contribution >= 4 is 0 Å². The van der Waals surface area contributed by atoms with Crippen molar-refractivity contribution < 1.29 is 14.6 Å². The maximum Gasteiger partial charge on any atom is 0.122 e. The Morgan fingerprint density at radius 1 is 1.50 bits per heavy atom. The number of benzene rings is 1. The first-order valence-electron chi connectivity index (χ1n) is 5.74. The van der Waals surface area contributed by atoms with E-state index in [1.165, 1.54) is 5.56 Å². The molecule has 1 unspecified atom stereocenters. The molecule has 0 radical (unpaired) electrons. The van der Waals surface area contributed by atoms with Crippen LogP contribution in [0.1, 0.15) is 30.1 Å². The summed E-state index contributed by atoms with van der Waals surface area (Å²) in [4.78, 5) is 0. The zero-order chi connectivity index (χ0) is 11.4. The van der Waals surface area contributed by atoms with Crippen LogP contribution in [-0.2, 0) is 11.2 Å². The Labute approximate surface area is 96.0 Å². The van der Waals surface area contributed by atoms with Gasteiger partial charge in [-0.05, 0) is 36.1 Å². The largest absolute Gasteiger partial charge is 0.493 e. The summed E-state index contributed by atoms with van der Waals surface area (Å²) >= 11 is 0. The van der Waals surface area contributed by atoms with Crippen molar-refractivity contribution in [1.29, 1.82) is 0 Å². The molecule has 0 saturated carbocycles. The minimum absolute atomic E-state index is 0.388. The fourth-order valence-electron chi connectivity index (χ4n) is 2.00. The van der Waals surface area contributed by atoms with Crippen LogP contribution in [0.4, 0.5) is 0 Å². The second kappa shape index (κ2) is 5.32. The molecule has 1 aromatic carbocycles. The number of ether oxygens (including phenoxy) is 2. The highest BCUT2D eigenvalue weighted by Crippen LogP contribution is 2.29. The number of fused-ring (bicyclic) bond motifs is 1. The first-order valence-corrected chi connectivity index (χ1v) is 5.74. The van der Waals surface area contributed by atoms with Gasteiger partial charge >= 0.3 is 0 Å². The average molecular weight is 222 g/mol. The van der Waals surface area contributed by atoms with Crippen LogP contribution in [0, 0.1) is 0 Å². The highest BCUT2D eigenvalue weighted by molar-refractivity contribution is 5.40. The van der Waals surface area contributed by atoms with Crippen LogP contribution in [0.3, 0.4) is 0 Å². The molecular formula is C13H18O3. The smallest absolute Gasteiger partial charge is 0.122 e. The molecule has 0 spiro atoms. The van der Waals surface area contributed by atoms with E-state index in [0.29, 0.717) is 6.61 Å². The van der Waals surface area contributed by atoms with Crippen molar-refractivity contribution in [2.75, 3.05) is 20.3 Å². The standard InChI is InChI=1S/C13H18O3/c1-15-7-2-3-12(14)10-4-5-13-11(9-10)6-8-16-13/h4-5,9,12,14H,2-3,6-8H2,1H3. The summed E-state index contributed by atoms with van der Waals surface area (Å²) in [6, 6.07) is 5.96. The Morgan fingerprint density at radius 2 is 2.38 bits per heavy atom. The molecule has 16 heavy (non-hydrogen) atoms. The molecule has 1 atom stereocenters. The summed E-state index contributed by atoms with van der Waals surface area (Å²) in [5.74, 6) is 0.966. The van der Waals surface area contributed by atoms with E-state index in [2.05, 4.69) is 6.07 Å². The van der Waals surface area contributed by atoms with E-state index in [-0.39, 0.29) is 6.10 Å². The average Bonchev–Trinajstić information content (AvgIpc) is 2.76. The normalized spacial score (nSPS) is 15.6. The number of rotatable bonds is 5. The van der Waals surface area contributed by atoms with Gasteiger partial charge < -0.3 is 14.6 Å². The van der Waals surface area contributed by atoms with Crippen LogP contribution in [0.15, 0.2) is 18.2 Å². The zero-order valence-corrected chi connectivity index (χ0v) is 9.61. The Bertz CT molecular complexity index is 349. The molecule has 1 N–H and O–H groups in total. The second-order valence-corrected chi connectivity index (χ2v) is 4.12. The van der Waals surface area contributed by atoms with Gasteiger partial charge in [0.1, 0.15) is 5.75 Å². The van der Waals surface area contributed by atoms with Gasteiger partial charge in [-0.25, -0.2) is 0 Å². The quantitative estimate of drug-likeness (QED) is 0.775. The molecule has 3 nitrogen and oxygen atoms in total. The fraction of sp³-hybridized carbons (Fsp3) is 0.538. The molecule has 88 valence electrons. The molecule has 1 aliphatic heterocycles. The van der Waals surface area contributed by atoms with E-state index in [4.69, 9.17) is 9.47 Å². The third kappa shape index (κ3) is 2.54. The summed E-state index contributed by atoms with van der Waals surface area (Å²) in [5, 5.41) is 9.98. The van der Waals surface area contributed by atoms with Crippen molar-refractivity contribution in [3.05, 3.63) is 29.3 Å². The van der Waals surface area contributed by atoms with Crippen molar-refractivity contribution in [1.82, 2.24) is 0 Å². The molecule has 0 amide bonds. The number of hydrogen-bond acceptors (Lipinski definition) is 3. The second-order valence-electron chi connectivity index (χ2n) is 4.12. The van der Waals surface area contributed by atoms with E-state index < -0.39 is 0 Å². The predicted octanol–water partition coefficient (Wildman–Crippen LogP) is 2.08. The molecule has 0 bridgehead atoms. The first kappa shape index (κ1) is 11.4. The Kier molecular flexibility index (Phi) is 3.80. The third-order valence-corrected chi connectivity index (χ3v) is 2.92. The van der Waals surface area contributed by atoms with Crippen LogP contribution in [0.5, 0.6) is 5.75 Å². The molecule has 0 saturated heterocycles. The molecule has 1 aromatic rings. The Morgan fingerprint density at radius 3 is 3.19 bits per heavy atom. The summed E-state index contributed by atoms with van der Waals surface area (Å²) in [6.45, 7) is 1.46. The van der Waals surface area contributed by atoms with Gasteiger partial charge in [-0.1, -0.05) is 6.07 Å². The van der Waals surface area contributed by atoms with E-state index in [1.54, 1.807) is 7.11 Å². The zero-order valence-electron chi connectivity index (χ0n) is 9.61. The minimum atomic E-state index is -0.388. The molecule has 0 fully saturated rings. The maximum atomic E-state index is 9.98. The Balaban J connectivity index is 1.98. The molecular weight excluding hydrogens is 204 g/mol. The summed E-state index contributed by atoms with van der Waals surface area (Å²) in [6.07, 6.45) is 2.19. The number of aliphatic hydroxyl groups is 1. The van der Waals surface area contributed by atoms with E-state index in [1.807, 2.05) is 12.1 Å². The lowest BCUT2D eigenvalue weighted by molar-refractivity contribution is 0.136. The van der Waals surface area contributed by atoms with Crippen molar-refractivity contribution in [2.45, 2.75) is 25.4 Å². The van der Waals surface area contributed by atoms with Gasteiger partial charge in [-0.15, -0.1) is 0 Å². The summed E-state index contributed by atoms with van der Waals surface area (Å²) in [7, 11) is 1.68. The number of hydrogen-bond donors (Lipinski definition) is 1. The van der Waals surface area contributed by atoms with Crippen LogP contribution >= 0.6 is 0 Å². The number of aliphatic hydroxyl groups excluding tert-OH is 1. The lowest BCUT2D eigenvalue weighted by Crippen LogP contribution is -2.00. The Hall–Kier alpha value is -1.06. The molecule has 1 aliphatic rings. The molecule has 2 rings (SSSR count). The minimum Gasteiger partial charge on any atom is -0.493 e. The fourth-order valence-corrected chi connectivity index (χ4v) is 2.00. The summed E-state index contributed by atoms with van der Waals surface area (Å²) in [5.41, 5.74) is 2.20. The van der Waals surface area contributed by atoms with Gasteiger partial charge in [0.05, 0.1) is 12.7 Å². The van der Waals surface area contributed by atoms with Crippen LogP contribution in [-0.4, -0.2) is 25.4 Å². The first-order chi connectivity index (χ1) is 7.81. The van der Waals surface area contributed by atoms with Crippen LogP contribution < -0.4 is 4.74 Å². The van der Waals surface area contributed by atoms with Gasteiger partial charge in [0, 0.05) is 20.1 Å². The molecule has 0 aliphatic carbocycles. The van der Waals surface area contributed by atoms with Crippen molar-refractivity contribution in [3.63, 3.8) is 0 Å². The van der Waals surface area contributed by atoms with E-state index >= 15 is 0 Å². The lowest BCUT2D eigenvalue weighted by Gasteiger charge is -2.11. The van der Waals surface area contributed by atoms with Gasteiger partial charge in [0.25, 0.3) is 0 Å². The molecule has 1 heterocycles. The van der Waals surface area contributed by atoms with Gasteiger partial charge in [0.2, 0.25) is 0 Å². The van der Waals surface area contributed by atoms with Gasteiger partial charge in [-0.3, -0.25) is 0 Å². The topological polar surface area (TPSA) is 38.7 Å². The van der Waals surface area contributed by atoms with Crippen LogP contribution in [0.2, 0.25) is 0 Å². The molecule has 0 aromatic heterocycles. The predicted molar refractivity (Wildman–Crippen MR) is 61.7 cm³/mol. The van der Waals surface area contributed by atoms with E-state index in [9.17, 15) is 5.11 Å². The lowest BCUT2D eigenvalue weighted by atomic mass is 10.0.